The third kappa shape index (κ3) is 33.6. The standard InChI is InChI=1S/C19H38O.C12H24O/c1-3-5-7-9-11-13-15-17-19(20)18-16-14-12-10-8-6-4-2;1-3-4-5-6-7-8-9-10-12(2)11-13/h3-18H2,1-2H3;11-12H,3-10H2,1-2H3. The van der Waals surface area contributed by atoms with E-state index in [1.807, 2.05) is 6.92 Å². The highest BCUT2D eigenvalue weighted by Gasteiger charge is 2.02. The van der Waals surface area contributed by atoms with Gasteiger partial charge in [0.2, 0.25) is 0 Å². The molecule has 0 saturated carbocycles. The minimum atomic E-state index is 0.274. The molecule has 0 bridgehead atoms. The van der Waals surface area contributed by atoms with Gasteiger partial charge in [0.25, 0.3) is 0 Å². The van der Waals surface area contributed by atoms with Crippen LogP contribution in [0.5, 0.6) is 0 Å². The molecule has 1 atom stereocenters. The average Bonchev–Trinajstić information content (AvgIpc) is 2.82. The third-order valence-electron chi connectivity index (χ3n) is 6.61. The Morgan fingerprint density at radius 3 is 1.15 bits per heavy atom. The zero-order valence-corrected chi connectivity index (χ0v) is 23.4. The third-order valence-corrected chi connectivity index (χ3v) is 6.61. The summed E-state index contributed by atoms with van der Waals surface area (Å²) in [4.78, 5) is 22.0. The molecule has 0 aliphatic carbocycles. The van der Waals surface area contributed by atoms with Gasteiger partial charge in [-0.1, -0.05) is 150 Å². The summed E-state index contributed by atoms with van der Waals surface area (Å²) in [5.41, 5.74) is 0. The van der Waals surface area contributed by atoms with Crippen molar-refractivity contribution in [1.82, 2.24) is 0 Å². The second-order valence-electron chi connectivity index (χ2n) is 10.3. The van der Waals surface area contributed by atoms with Crippen molar-refractivity contribution in [2.45, 2.75) is 182 Å². The summed E-state index contributed by atoms with van der Waals surface area (Å²) in [6.07, 6.45) is 31.4. The van der Waals surface area contributed by atoms with Crippen molar-refractivity contribution < 1.29 is 9.59 Å². The first-order chi connectivity index (χ1) is 16.1. The normalized spacial score (nSPS) is 11.6. The van der Waals surface area contributed by atoms with E-state index in [-0.39, 0.29) is 5.92 Å². The summed E-state index contributed by atoms with van der Waals surface area (Å²) in [5.74, 6) is 0.780. The predicted molar refractivity (Wildman–Crippen MR) is 148 cm³/mol. The average molecular weight is 467 g/mol. The van der Waals surface area contributed by atoms with Crippen LogP contribution >= 0.6 is 0 Å². The first-order valence-corrected chi connectivity index (χ1v) is 15.1. The number of hydrogen-bond donors (Lipinski definition) is 0. The van der Waals surface area contributed by atoms with Crippen LogP contribution < -0.4 is 0 Å². The number of aldehydes is 1. The second kappa shape index (κ2) is 31.3. The van der Waals surface area contributed by atoms with Gasteiger partial charge in [-0.3, -0.25) is 4.79 Å². The fourth-order valence-corrected chi connectivity index (χ4v) is 4.18. The molecule has 0 radical (unpaired) electrons. The number of ketones is 1. The fourth-order valence-electron chi connectivity index (χ4n) is 4.18. The maximum Gasteiger partial charge on any atom is 0.132 e. The first kappa shape index (κ1) is 34.5. The van der Waals surface area contributed by atoms with Gasteiger partial charge in [0.05, 0.1) is 0 Å². The van der Waals surface area contributed by atoms with Crippen LogP contribution in [-0.4, -0.2) is 12.1 Å². The first-order valence-electron chi connectivity index (χ1n) is 15.1. The van der Waals surface area contributed by atoms with Gasteiger partial charge in [-0.25, -0.2) is 0 Å². The Morgan fingerprint density at radius 1 is 0.515 bits per heavy atom. The summed E-state index contributed by atoms with van der Waals surface area (Å²) in [6, 6.07) is 0. The fraction of sp³-hybridized carbons (Fsp3) is 0.935. The van der Waals surface area contributed by atoms with Gasteiger partial charge in [0, 0.05) is 18.8 Å². The van der Waals surface area contributed by atoms with Crippen molar-refractivity contribution >= 4 is 12.1 Å². The number of carbonyl (C=O) groups is 2. The van der Waals surface area contributed by atoms with Crippen LogP contribution in [0, 0.1) is 5.92 Å². The molecule has 0 fully saturated rings. The van der Waals surface area contributed by atoms with E-state index in [2.05, 4.69) is 20.8 Å². The molecule has 198 valence electrons. The quantitative estimate of drug-likeness (QED) is 0.0989. The van der Waals surface area contributed by atoms with E-state index in [1.54, 1.807) is 0 Å². The van der Waals surface area contributed by atoms with Crippen LogP contribution in [0.3, 0.4) is 0 Å². The molecule has 0 amide bonds. The van der Waals surface area contributed by atoms with E-state index in [9.17, 15) is 9.59 Å². The summed E-state index contributed by atoms with van der Waals surface area (Å²) >= 11 is 0. The number of hydrogen-bond acceptors (Lipinski definition) is 2. The molecule has 0 aromatic heterocycles. The monoisotopic (exact) mass is 466 g/mol. The van der Waals surface area contributed by atoms with Crippen molar-refractivity contribution in [3.05, 3.63) is 0 Å². The highest BCUT2D eigenvalue weighted by atomic mass is 16.1. The Bertz CT molecular complexity index is 357. The van der Waals surface area contributed by atoms with Gasteiger partial charge < -0.3 is 4.79 Å². The lowest BCUT2D eigenvalue weighted by Crippen LogP contribution is -1.97. The van der Waals surface area contributed by atoms with Gasteiger partial charge in [-0.05, 0) is 19.3 Å². The number of Topliss-reactive ketones (excluding diaryl/α,β-unsaturated/α-hetero) is 1. The Hall–Kier alpha value is -0.660. The van der Waals surface area contributed by atoms with Crippen LogP contribution in [0.25, 0.3) is 0 Å². The second-order valence-corrected chi connectivity index (χ2v) is 10.3. The summed E-state index contributed by atoms with van der Waals surface area (Å²) in [7, 11) is 0. The zero-order valence-electron chi connectivity index (χ0n) is 23.4. The number of carbonyl (C=O) groups excluding carboxylic acids is 2. The molecule has 0 rings (SSSR count). The molecule has 1 unspecified atom stereocenters. The Kier molecular flexibility index (Phi) is 32.8. The lowest BCUT2D eigenvalue weighted by Gasteiger charge is -2.03. The zero-order chi connectivity index (χ0) is 24.8. The van der Waals surface area contributed by atoms with Gasteiger partial charge in [0.15, 0.2) is 0 Å². The minimum absolute atomic E-state index is 0.274. The molecule has 0 aliphatic rings. The molecule has 0 aliphatic heterocycles. The van der Waals surface area contributed by atoms with Crippen molar-refractivity contribution in [3.8, 4) is 0 Å². The van der Waals surface area contributed by atoms with Gasteiger partial charge in [0.1, 0.15) is 12.1 Å². The Labute approximate surface area is 209 Å². The highest BCUT2D eigenvalue weighted by Crippen LogP contribution is 2.13. The molecular formula is C31H62O2. The van der Waals surface area contributed by atoms with E-state index in [0.29, 0.717) is 5.78 Å². The lowest BCUT2D eigenvalue weighted by molar-refractivity contribution is -0.119. The van der Waals surface area contributed by atoms with Crippen molar-refractivity contribution in [2.75, 3.05) is 0 Å². The van der Waals surface area contributed by atoms with Crippen LogP contribution in [-0.2, 0) is 9.59 Å². The molecule has 0 saturated heterocycles. The molecule has 33 heavy (non-hydrogen) atoms. The molecule has 0 heterocycles. The smallest absolute Gasteiger partial charge is 0.132 e. The molecule has 0 spiro atoms. The lowest BCUT2D eigenvalue weighted by atomic mass is 10.0. The van der Waals surface area contributed by atoms with Crippen LogP contribution in [0.2, 0.25) is 0 Å². The largest absolute Gasteiger partial charge is 0.303 e. The van der Waals surface area contributed by atoms with Crippen molar-refractivity contribution in [3.63, 3.8) is 0 Å². The Balaban J connectivity index is 0. The van der Waals surface area contributed by atoms with Crippen LogP contribution in [0.15, 0.2) is 0 Å². The predicted octanol–water partition coefficient (Wildman–Crippen LogP) is 10.8. The van der Waals surface area contributed by atoms with E-state index in [4.69, 9.17) is 0 Å². The Morgan fingerprint density at radius 2 is 0.818 bits per heavy atom. The molecule has 2 nitrogen and oxygen atoms in total. The molecular weight excluding hydrogens is 404 g/mol. The number of unbranched alkanes of at least 4 members (excludes halogenated alkanes) is 18. The van der Waals surface area contributed by atoms with Gasteiger partial charge in [-0.15, -0.1) is 0 Å². The van der Waals surface area contributed by atoms with Gasteiger partial charge >= 0.3 is 0 Å². The summed E-state index contributed by atoms with van der Waals surface area (Å²) in [6.45, 7) is 8.75. The van der Waals surface area contributed by atoms with E-state index < -0.39 is 0 Å². The van der Waals surface area contributed by atoms with Crippen molar-refractivity contribution in [2.24, 2.45) is 5.92 Å². The molecule has 0 aromatic carbocycles. The van der Waals surface area contributed by atoms with Crippen LogP contribution in [0.1, 0.15) is 182 Å². The number of rotatable bonds is 25. The van der Waals surface area contributed by atoms with E-state index in [1.165, 1.54) is 122 Å². The topological polar surface area (TPSA) is 34.1 Å². The molecule has 2 heteroatoms. The SMILES string of the molecule is CCCCCCCCCC(=O)CCCCCCCCC.CCCCCCCCCC(C)C=O. The summed E-state index contributed by atoms with van der Waals surface area (Å²) in [5, 5.41) is 0. The van der Waals surface area contributed by atoms with Crippen molar-refractivity contribution in [1.29, 1.82) is 0 Å². The molecule has 0 N–H and O–H groups in total. The molecule has 0 aromatic rings. The van der Waals surface area contributed by atoms with Crippen LogP contribution in [0.4, 0.5) is 0 Å². The highest BCUT2D eigenvalue weighted by molar-refractivity contribution is 5.78. The van der Waals surface area contributed by atoms with Gasteiger partial charge in [-0.2, -0.15) is 0 Å². The maximum absolute atomic E-state index is 11.7. The maximum atomic E-state index is 11.7. The van der Waals surface area contributed by atoms with E-state index in [0.717, 1.165) is 38.4 Å². The summed E-state index contributed by atoms with van der Waals surface area (Å²) < 4.78 is 0. The minimum Gasteiger partial charge on any atom is -0.303 e. The van der Waals surface area contributed by atoms with E-state index >= 15 is 0 Å².